The van der Waals surface area contributed by atoms with E-state index in [1.54, 1.807) is 12.1 Å². The Balaban J connectivity index is 2.05. The van der Waals surface area contributed by atoms with Gasteiger partial charge in [-0.05, 0) is 57.2 Å². The summed E-state index contributed by atoms with van der Waals surface area (Å²) in [5, 5.41) is 0.535. The summed E-state index contributed by atoms with van der Waals surface area (Å²) < 4.78 is 27.0. The minimum Gasteiger partial charge on any atom is -0.306 e. The van der Waals surface area contributed by atoms with E-state index in [-0.39, 0.29) is 10.9 Å². The van der Waals surface area contributed by atoms with Gasteiger partial charge in [0.2, 0.25) is 10.0 Å². The van der Waals surface area contributed by atoms with Crippen LogP contribution < -0.4 is 4.72 Å². The van der Waals surface area contributed by atoms with E-state index >= 15 is 0 Å². The quantitative estimate of drug-likeness (QED) is 0.921. The molecule has 0 radical (unpaired) electrons. The summed E-state index contributed by atoms with van der Waals surface area (Å²) in [4.78, 5) is 2.47. The highest BCUT2D eigenvalue weighted by Gasteiger charge is 2.23. The predicted molar refractivity (Wildman–Crippen MR) is 72.3 cm³/mol. The zero-order chi connectivity index (χ0) is 13.2. The summed E-state index contributed by atoms with van der Waals surface area (Å²) in [6.07, 6.45) is 1.70. The third kappa shape index (κ3) is 3.45. The predicted octanol–water partition coefficient (Wildman–Crippen LogP) is 1.71. The van der Waals surface area contributed by atoms with Gasteiger partial charge in [-0.15, -0.1) is 0 Å². The van der Waals surface area contributed by atoms with Crippen molar-refractivity contribution >= 4 is 21.6 Å². The molecule has 0 unspecified atom stereocenters. The highest BCUT2D eigenvalue weighted by atomic mass is 35.5. The summed E-state index contributed by atoms with van der Waals surface area (Å²) in [6.45, 7) is 1.85. The van der Waals surface area contributed by atoms with Gasteiger partial charge in [0.25, 0.3) is 0 Å². The molecule has 1 aromatic rings. The number of likely N-dealkylation sites (tertiary alicyclic amines) is 1. The van der Waals surface area contributed by atoms with Crippen molar-refractivity contribution in [3.63, 3.8) is 0 Å². The van der Waals surface area contributed by atoms with Crippen molar-refractivity contribution in [2.45, 2.75) is 23.8 Å². The molecule has 0 atom stereocenters. The molecule has 1 aliphatic heterocycles. The van der Waals surface area contributed by atoms with Crippen LogP contribution in [0.2, 0.25) is 5.02 Å². The van der Waals surface area contributed by atoms with Gasteiger partial charge in [-0.1, -0.05) is 11.6 Å². The first-order valence-corrected chi connectivity index (χ1v) is 7.80. The molecule has 100 valence electrons. The molecule has 4 nitrogen and oxygen atoms in total. The Morgan fingerprint density at radius 2 is 1.78 bits per heavy atom. The van der Waals surface area contributed by atoms with Crippen LogP contribution in [0.4, 0.5) is 0 Å². The summed E-state index contributed by atoms with van der Waals surface area (Å²) in [5.41, 5.74) is 0. The monoisotopic (exact) mass is 288 g/mol. The van der Waals surface area contributed by atoms with Crippen molar-refractivity contribution in [1.29, 1.82) is 0 Å². The van der Waals surface area contributed by atoms with Gasteiger partial charge in [-0.2, -0.15) is 0 Å². The Morgan fingerprint density at radius 1 is 1.22 bits per heavy atom. The molecule has 0 aromatic heterocycles. The van der Waals surface area contributed by atoms with Gasteiger partial charge in [-0.25, -0.2) is 13.1 Å². The van der Waals surface area contributed by atoms with Gasteiger partial charge in [0.15, 0.2) is 0 Å². The first kappa shape index (κ1) is 13.8. The molecule has 0 aliphatic carbocycles. The summed E-state index contributed by atoms with van der Waals surface area (Å²) in [6, 6.07) is 6.26. The van der Waals surface area contributed by atoms with Crippen molar-refractivity contribution in [2.24, 2.45) is 0 Å². The van der Waals surface area contributed by atoms with Crippen molar-refractivity contribution in [1.82, 2.24) is 9.62 Å². The summed E-state index contributed by atoms with van der Waals surface area (Å²) in [5.74, 6) is 0. The van der Waals surface area contributed by atoms with Crippen LogP contribution in [-0.2, 0) is 10.0 Å². The highest BCUT2D eigenvalue weighted by molar-refractivity contribution is 7.89. The van der Waals surface area contributed by atoms with E-state index in [9.17, 15) is 8.42 Å². The van der Waals surface area contributed by atoms with Crippen molar-refractivity contribution in [2.75, 3.05) is 20.1 Å². The Labute approximate surface area is 113 Å². The minimum absolute atomic E-state index is 0.0295. The molecule has 0 bridgehead atoms. The van der Waals surface area contributed by atoms with Crippen LogP contribution >= 0.6 is 11.6 Å². The number of nitrogens with zero attached hydrogens (tertiary/aromatic N) is 1. The number of hydrogen-bond donors (Lipinski definition) is 1. The molecule has 1 fully saturated rings. The maximum atomic E-state index is 12.1. The number of nitrogens with one attached hydrogen (secondary N) is 1. The van der Waals surface area contributed by atoms with Gasteiger partial charge in [0.1, 0.15) is 0 Å². The molecule has 6 heteroatoms. The second kappa shape index (κ2) is 5.57. The van der Waals surface area contributed by atoms with Crippen LogP contribution in [0.3, 0.4) is 0 Å². The number of benzene rings is 1. The fraction of sp³-hybridized carbons (Fsp3) is 0.500. The zero-order valence-electron chi connectivity index (χ0n) is 10.3. The van der Waals surface area contributed by atoms with Gasteiger partial charge in [0.05, 0.1) is 4.90 Å². The standard InChI is InChI=1S/C12H17ClN2O2S/c1-15-8-6-11(7-9-15)14-18(16,17)12-4-2-10(13)3-5-12/h2-5,11,14H,6-9H2,1H3. The van der Waals surface area contributed by atoms with Gasteiger partial charge in [0, 0.05) is 11.1 Å². The summed E-state index contributed by atoms with van der Waals surface area (Å²) in [7, 11) is -1.38. The number of piperidine rings is 1. The van der Waals surface area contributed by atoms with Crippen molar-refractivity contribution in [3.05, 3.63) is 29.3 Å². The van der Waals surface area contributed by atoms with E-state index in [0.717, 1.165) is 25.9 Å². The second-order valence-electron chi connectivity index (χ2n) is 4.65. The lowest BCUT2D eigenvalue weighted by atomic mass is 10.1. The molecule has 0 spiro atoms. The minimum atomic E-state index is -3.42. The molecule has 1 N–H and O–H groups in total. The van der Waals surface area contributed by atoms with E-state index < -0.39 is 10.0 Å². The van der Waals surface area contributed by atoms with E-state index in [1.807, 2.05) is 7.05 Å². The van der Waals surface area contributed by atoms with Crippen LogP contribution in [0.15, 0.2) is 29.2 Å². The zero-order valence-corrected chi connectivity index (χ0v) is 11.8. The van der Waals surface area contributed by atoms with Crippen LogP contribution in [0.25, 0.3) is 0 Å². The topological polar surface area (TPSA) is 49.4 Å². The van der Waals surface area contributed by atoms with Crippen molar-refractivity contribution < 1.29 is 8.42 Å². The van der Waals surface area contributed by atoms with Gasteiger partial charge < -0.3 is 4.90 Å². The molecule has 0 saturated carbocycles. The van der Waals surface area contributed by atoms with Gasteiger partial charge in [-0.3, -0.25) is 0 Å². The number of rotatable bonds is 3. The van der Waals surface area contributed by atoms with Crippen LogP contribution in [0, 0.1) is 0 Å². The summed E-state index contributed by atoms with van der Waals surface area (Å²) >= 11 is 5.75. The molecule has 1 heterocycles. The fourth-order valence-electron chi connectivity index (χ4n) is 2.03. The largest absolute Gasteiger partial charge is 0.306 e. The molecule has 1 aliphatic rings. The molecule has 1 saturated heterocycles. The third-order valence-corrected chi connectivity index (χ3v) is 4.95. The number of hydrogen-bond acceptors (Lipinski definition) is 3. The average molecular weight is 289 g/mol. The van der Waals surface area contributed by atoms with Crippen LogP contribution in [0.5, 0.6) is 0 Å². The molecule has 2 rings (SSSR count). The third-order valence-electron chi connectivity index (χ3n) is 3.16. The maximum absolute atomic E-state index is 12.1. The molecule has 1 aromatic carbocycles. The fourth-order valence-corrected chi connectivity index (χ4v) is 3.46. The van der Waals surface area contributed by atoms with Crippen molar-refractivity contribution in [3.8, 4) is 0 Å². The first-order valence-electron chi connectivity index (χ1n) is 5.94. The van der Waals surface area contributed by atoms with Crippen LogP contribution in [-0.4, -0.2) is 39.5 Å². The SMILES string of the molecule is CN1CCC(NS(=O)(=O)c2ccc(Cl)cc2)CC1. The van der Waals surface area contributed by atoms with E-state index in [2.05, 4.69) is 9.62 Å². The normalized spacial score (nSPS) is 19.0. The lowest BCUT2D eigenvalue weighted by Crippen LogP contribution is -2.43. The maximum Gasteiger partial charge on any atom is 0.240 e. The lowest BCUT2D eigenvalue weighted by molar-refractivity contribution is 0.248. The Kier molecular flexibility index (Phi) is 4.27. The smallest absolute Gasteiger partial charge is 0.240 e. The van der Waals surface area contributed by atoms with Crippen LogP contribution in [0.1, 0.15) is 12.8 Å². The van der Waals surface area contributed by atoms with E-state index in [4.69, 9.17) is 11.6 Å². The second-order valence-corrected chi connectivity index (χ2v) is 6.80. The Bertz CT molecular complexity index is 493. The Morgan fingerprint density at radius 3 is 2.33 bits per heavy atom. The number of sulfonamides is 1. The molecular weight excluding hydrogens is 272 g/mol. The average Bonchev–Trinajstić information content (AvgIpc) is 2.32. The van der Waals surface area contributed by atoms with E-state index in [0.29, 0.717) is 5.02 Å². The molecule has 0 amide bonds. The molecule has 18 heavy (non-hydrogen) atoms. The van der Waals surface area contributed by atoms with E-state index in [1.165, 1.54) is 12.1 Å². The Hall–Kier alpha value is -0.620. The first-order chi connectivity index (χ1) is 8.47. The van der Waals surface area contributed by atoms with Gasteiger partial charge >= 0.3 is 0 Å². The lowest BCUT2D eigenvalue weighted by Gasteiger charge is -2.29. The highest BCUT2D eigenvalue weighted by Crippen LogP contribution is 2.16. The number of halogens is 1. The molecular formula is C12H17ClN2O2S.